The third-order valence-corrected chi connectivity index (χ3v) is 2.77. The lowest BCUT2D eigenvalue weighted by Gasteiger charge is -2.06. The van der Waals surface area contributed by atoms with Crippen molar-refractivity contribution in [1.29, 1.82) is 0 Å². The van der Waals surface area contributed by atoms with E-state index in [1.807, 2.05) is 6.92 Å². The molecule has 0 aromatic carbocycles. The summed E-state index contributed by atoms with van der Waals surface area (Å²) >= 11 is 1.11. The van der Waals surface area contributed by atoms with Gasteiger partial charge >= 0.3 is 10.8 Å². The van der Waals surface area contributed by atoms with E-state index in [1.54, 1.807) is 12.3 Å². The Kier molecular flexibility index (Phi) is 3.85. The Hall–Kier alpha value is -1.36. The number of aromatic nitrogens is 1. The van der Waals surface area contributed by atoms with E-state index < -0.39 is 5.97 Å². The monoisotopic (exact) mass is 227 g/mol. The van der Waals surface area contributed by atoms with Crippen LogP contribution in [-0.4, -0.2) is 17.1 Å². The van der Waals surface area contributed by atoms with Gasteiger partial charge in [0.1, 0.15) is 0 Å². The Balaban J connectivity index is 2.75. The van der Waals surface area contributed by atoms with Crippen molar-refractivity contribution in [2.75, 3.05) is 6.61 Å². The fourth-order valence-electron chi connectivity index (χ4n) is 1.08. The van der Waals surface area contributed by atoms with Crippen molar-refractivity contribution in [3.63, 3.8) is 0 Å². The molecule has 1 heterocycles. The summed E-state index contributed by atoms with van der Waals surface area (Å²) in [6.07, 6.45) is 0. The van der Waals surface area contributed by atoms with Crippen LogP contribution in [0.15, 0.2) is 22.3 Å². The summed E-state index contributed by atoms with van der Waals surface area (Å²) in [6, 6.07) is 0. The first-order chi connectivity index (χ1) is 7.06. The molecule has 1 aromatic heterocycles. The van der Waals surface area contributed by atoms with Gasteiger partial charge in [-0.05, 0) is 13.8 Å². The molecule has 4 nitrogen and oxygen atoms in total. The smallest absolute Gasteiger partial charge is 0.335 e. The fraction of sp³-hybridized carbons (Fsp3) is 0.400. The average molecular weight is 227 g/mol. The van der Waals surface area contributed by atoms with Crippen LogP contribution >= 0.6 is 11.3 Å². The average Bonchev–Trinajstić information content (AvgIpc) is 2.49. The van der Waals surface area contributed by atoms with Crippen LogP contribution in [0.4, 0.5) is 0 Å². The van der Waals surface area contributed by atoms with Gasteiger partial charge in [0.15, 0.2) is 0 Å². The summed E-state index contributed by atoms with van der Waals surface area (Å²) in [7, 11) is 0. The van der Waals surface area contributed by atoms with Gasteiger partial charge in [0.2, 0.25) is 0 Å². The number of hydrogen-bond donors (Lipinski definition) is 0. The molecule has 0 fully saturated rings. The standard InChI is InChI=1S/C10H13NO3S/c1-4-14-9(12)7(2)5-11-8(3)6-15-10(11)13/h6H,2,4-5H2,1,3H3. The van der Waals surface area contributed by atoms with Gasteiger partial charge in [0.05, 0.1) is 13.2 Å². The van der Waals surface area contributed by atoms with Crippen LogP contribution in [0.5, 0.6) is 0 Å². The van der Waals surface area contributed by atoms with Crippen molar-refractivity contribution in [3.05, 3.63) is 32.9 Å². The second kappa shape index (κ2) is 4.93. The summed E-state index contributed by atoms with van der Waals surface area (Å²) in [4.78, 5) is 22.5. The number of esters is 1. The van der Waals surface area contributed by atoms with E-state index in [1.165, 1.54) is 4.57 Å². The highest BCUT2D eigenvalue weighted by atomic mass is 32.1. The van der Waals surface area contributed by atoms with Crippen molar-refractivity contribution < 1.29 is 9.53 Å². The van der Waals surface area contributed by atoms with E-state index in [2.05, 4.69) is 6.58 Å². The van der Waals surface area contributed by atoms with Gasteiger partial charge in [-0.15, -0.1) is 0 Å². The second-order valence-corrected chi connectivity index (χ2v) is 3.87. The highest BCUT2D eigenvalue weighted by Gasteiger charge is 2.11. The van der Waals surface area contributed by atoms with E-state index in [0.29, 0.717) is 12.2 Å². The molecule has 15 heavy (non-hydrogen) atoms. The summed E-state index contributed by atoms with van der Waals surface area (Å²) in [6.45, 7) is 7.66. The first kappa shape index (κ1) is 11.7. The number of ether oxygens (including phenoxy) is 1. The summed E-state index contributed by atoms with van der Waals surface area (Å²) in [5.74, 6) is -0.449. The molecule has 0 radical (unpaired) electrons. The first-order valence-corrected chi connectivity index (χ1v) is 5.44. The topological polar surface area (TPSA) is 48.3 Å². The molecule has 0 bridgehead atoms. The van der Waals surface area contributed by atoms with Gasteiger partial charge in [-0.25, -0.2) is 4.79 Å². The zero-order valence-corrected chi connectivity index (χ0v) is 9.60. The fourth-order valence-corrected chi connectivity index (χ4v) is 1.82. The Morgan fingerprint density at radius 1 is 1.67 bits per heavy atom. The van der Waals surface area contributed by atoms with Gasteiger partial charge in [-0.2, -0.15) is 0 Å². The predicted octanol–water partition coefficient (Wildman–Crippen LogP) is 1.34. The van der Waals surface area contributed by atoms with Crippen LogP contribution in [0, 0.1) is 6.92 Å². The van der Waals surface area contributed by atoms with Crippen molar-refractivity contribution in [2.45, 2.75) is 20.4 Å². The maximum absolute atomic E-state index is 11.3. The molecule has 0 aliphatic rings. The number of thiazole rings is 1. The van der Waals surface area contributed by atoms with Crippen LogP contribution in [0.3, 0.4) is 0 Å². The SMILES string of the molecule is C=C(Cn1c(C)csc1=O)C(=O)OCC. The van der Waals surface area contributed by atoms with Crippen LogP contribution in [0.25, 0.3) is 0 Å². The molecule has 0 atom stereocenters. The third kappa shape index (κ3) is 2.79. The van der Waals surface area contributed by atoms with E-state index in [-0.39, 0.29) is 11.4 Å². The lowest BCUT2D eigenvalue weighted by Crippen LogP contribution is -2.19. The van der Waals surface area contributed by atoms with Crippen molar-refractivity contribution in [1.82, 2.24) is 4.57 Å². The lowest BCUT2D eigenvalue weighted by atomic mass is 10.3. The number of rotatable bonds is 4. The van der Waals surface area contributed by atoms with Crippen LogP contribution in [0.1, 0.15) is 12.6 Å². The van der Waals surface area contributed by atoms with Crippen molar-refractivity contribution in [2.24, 2.45) is 0 Å². The molecule has 0 N–H and O–H groups in total. The first-order valence-electron chi connectivity index (χ1n) is 4.56. The number of carbonyl (C=O) groups is 1. The van der Waals surface area contributed by atoms with E-state index in [9.17, 15) is 9.59 Å². The molecule has 0 aliphatic heterocycles. The minimum Gasteiger partial charge on any atom is -0.463 e. The van der Waals surface area contributed by atoms with Gasteiger partial charge in [-0.3, -0.25) is 9.36 Å². The normalized spacial score (nSPS) is 10.0. The Morgan fingerprint density at radius 3 is 2.80 bits per heavy atom. The van der Waals surface area contributed by atoms with E-state index in [0.717, 1.165) is 17.0 Å². The molecule has 0 spiro atoms. The number of hydrogen-bond acceptors (Lipinski definition) is 4. The number of nitrogens with zero attached hydrogens (tertiary/aromatic N) is 1. The molecule has 1 rings (SSSR count). The molecular formula is C10H13NO3S. The zero-order valence-electron chi connectivity index (χ0n) is 8.78. The molecule has 0 aliphatic carbocycles. The summed E-state index contributed by atoms with van der Waals surface area (Å²) < 4.78 is 6.29. The van der Waals surface area contributed by atoms with Crippen molar-refractivity contribution in [3.8, 4) is 0 Å². The third-order valence-electron chi connectivity index (χ3n) is 1.89. The zero-order chi connectivity index (χ0) is 11.4. The van der Waals surface area contributed by atoms with Crippen molar-refractivity contribution >= 4 is 17.3 Å². The van der Waals surface area contributed by atoms with Crippen LogP contribution < -0.4 is 4.87 Å². The molecule has 0 saturated carbocycles. The van der Waals surface area contributed by atoms with Gasteiger partial charge in [0, 0.05) is 16.6 Å². The largest absolute Gasteiger partial charge is 0.463 e. The highest BCUT2D eigenvalue weighted by molar-refractivity contribution is 7.07. The minimum atomic E-state index is -0.449. The highest BCUT2D eigenvalue weighted by Crippen LogP contribution is 2.04. The number of aryl methyl sites for hydroxylation is 1. The Morgan fingerprint density at radius 2 is 2.33 bits per heavy atom. The Labute approximate surface area is 91.8 Å². The van der Waals surface area contributed by atoms with Gasteiger partial charge in [-0.1, -0.05) is 17.9 Å². The van der Waals surface area contributed by atoms with E-state index in [4.69, 9.17) is 4.74 Å². The molecule has 82 valence electrons. The van der Waals surface area contributed by atoms with Gasteiger partial charge < -0.3 is 4.74 Å². The number of carbonyl (C=O) groups excluding carboxylic acids is 1. The van der Waals surface area contributed by atoms with E-state index >= 15 is 0 Å². The second-order valence-electron chi connectivity index (χ2n) is 3.05. The van der Waals surface area contributed by atoms with Crippen LogP contribution in [0.2, 0.25) is 0 Å². The van der Waals surface area contributed by atoms with Crippen LogP contribution in [-0.2, 0) is 16.1 Å². The molecular weight excluding hydrogens is 214 g/mol. The maximum Gasteiger partial charge on any atom is 0.335 e. The quantitative estimate of drug-likeness (QED) is 0.576. The Bertz CT molecular complexity index is 430. The molecule has 0 saturated heterocycles. The predicted molar refractivity (Wildman–Crippen MR) is 59.1 cm³/mol. The lowest BCUT2D eigenvalue weighted by molar-refractivity contribution is -0.138. The van der Waals surface area contributed by atoms with Gasteiger partial charge in [0.25, 0.3) is 0 Å². The summed E-state index contributed by atoms with van der Waals surface area (Å²) in [5, 5.41) is 1.75. The summed E-state index contributed by atoms with van der Waals surface area (Å²) in [5.41, 5.74) is 1.12. The molecule has 1 aromatic rings. The molecule has 0 unspecified atom stereocenters. The maximum atomic E-state index is 11.3. The minimum absolute atomic E-state index is 0.0852. The molecule has 0 amide bonds. The molecule has 5 heteroatoms.